The maximum Gasteiger partial charge on any atom is 0.311 e. The van der Waals surface area contributed by atoms with Crippen LogP contribution in [0.15, 0.2) is 18.6 Å². The summed E-state index contributed by atoms with van der Waals surface area (Å²) in [6, 6.07) is 0. The summed E-state index contributed by atoms with van der Waals surface area (Å²) < 4.78 is 0. The molecule has 0 saturated carbocycles. The van der Waals surface area contributed by atoms with Crippen molar-refractivity contribution in [1.82, 2.24) is 9.97 Å². The van der Waals surface area contributed by atoms with E-state index in [0.717, 1.165) is 0 Å². The van der Waals surface area contributed by atoms with E-state index in [1.54, 1.807) is 0 Å². The van der Waals surface area contributed by atoms with Crippen LogP contribution >= 0.6 is 0 Å². The van der Waals surface area contributed by atoms with Crippen LogP contribution in [0.1, 0.15) is 12.1 Å². The smallest absolute Gasteiger partial charge is 0.311 e. The van der Waals surface area contributed by atoms with Crippen molar-refractivity contribution in [2.24, 2.45) is 0 Å². The lowest BCUT2D eigenvalue weighted by molar-refractivity contribution is -0.139. The van der Waals surface area contributed by atoms with Gasteiger partial charge in [0.2, 0.25) is 0 Å². The van der Waals surface area contributed by atoms with Gasteiger partial charge in [0.25, 0.3) is 0 Å². The Morgan fingerprint density at radius 2 is 2.38 bits per heavy atom. The third-order valence-electron chi connectivity index (χ3n) is 1.29. The van der Waals surface area contributed by atoms with E-state index in [9.17, 15) is 9.59 Å². The molecule has 0 aromatic carbocycles. The number of hydrogen-bond acceptors (Lipinski definition) is 3. The number of allylic oxidation sites excluding steroid dienone is 1. The standard InChI is InChI=1S/C8H8N2O3/c11-7(3-8(12)13)2-1-6-4-9-5-10-6/h1-2,4-5H,3H2,(H,9,10)(H,12,13)/b2-1+. The molecule has 0 unspecified atom stereocenters. The highest BCUT2D eigenvalue weighted by Gasteiger charge is 2.02. The van der Waals surface area contributed by atoms with Gasteiger partial charge in [-0.1, -0.05) is 0 Å². The zero-order valence-corrected chi connectivity index (χ0v) is 6.73. The number of ketones is 1. The van der Waals surface area contributed by atoms with Gasteiger partial charge in [0.15, 0.2) is 5.78 Å². The summed E-state index contributed by atoms with van der Waals surface area (Å²) in [6.07, 6.45) is 5.22. The average molecular weight is 180 g/mol. The molecule has 0 aliphatic heterocycles. The fourth-order valence-electron chi connectivity index (χ4n) is 0.748. The Morgan fingerprint density at radius 3 is 2.92 bits per heavy atom. The fraction of sp³-hybridized carbons (Fsp3) is 0.125. The van der Waals surface area contributed by atoms with E-state index >= 15 is 0 Å². The van der Waals surface area contributed by atoms with Crippen molar-refractivity contribution in [1.29, 1.82) is 0 Å². The first-order chi connectivity index (χ1) is 6.18. The highest BCUT2D eigenvalue weighted by atomic mass is 16.4. The number of carboxylic acid groups (broad SMARTS) is 1. The van der Waals surface area contributed by atoms with Gasteiger partial charge in [-0.25, -0.2) is 4.98 Å². The maximum atomic E-state index is 10.8. The van der Waals surface area contributed by atoms with Gasteiger partial charge in [-0.3, -0.25) is 9.59 Å². The Hall–Kier alpha value is -1.91. The number of rotatable bonds is 4. The van der Waals surface area contributed by atoms with Crippen LogP contribution in [0.3, 0.4) is 0 Å². The molecule has 5 heteroatoms. The molecule has 0 fully saturated rings. The normalized spacial score (nSPS) is 10.5. The molecule has 0 spiro atoms. The molecule has 1 aromatic rings. The van der Waals surface area contributed by atoms with Gasteiger partial charge < -0.3 is 10.1 Å². The number of aliphatic carboxylic acids is 1. The lowest BCUT2D eigenvalue weighted by Gasteiger charge is -1.86. The lowest BCUT2D eigenvalue weighted by atomic mass is 10.2. The minimum Gasteiger partial charge on any atom is -0.481 e. The summed E-state index contributed by atoms with van der Waals surface area (Å²) >= 11 is 0. The molecule has 0 bridgehead atoms. The highest BCUT2D eigenvalue weighted by Crippen LogP contribution is 1.95. The average Bonchev–Trinajstić information content (AvgIpc) is 2.51. The Kier molecular flexibility index (Phi) is 2.97. The number of nitrogens with one attached hydrogen (secondary N) is 1. The number of carboxylic acids is 1. The van der Waals surface area contributed by atoms with Gasteiger partial charge in [-0.05, 0) is 12.2 Å². The number of aromatic amines is 1. The number of carbonyl (C=O) groups is 2. The van der Waals surface area contributed by atoms with Crippen molar-refractivity contribution in [2.75, 3.05) is 0 Å². The number of carbonyl (C=O) groups excluding carboxylic acids is 1. The van der Waals surface area contributed by atoms with Gasteiger partial charge >= 0.3 is 5.97 Å². The van der Waals surface area contributed by atoms with Crippen molar-refractivity contribution in [2.45, 2.75) is 6.42 Å². The monoisotopic (exact) mass is 180 g/mol. The quantitative estimate of drug-likeness (QED) is 0.521. The Morgan fingerprint density at radius 1 is 1.62 bits per heavy atom. The summed E-state index contributed by atoms with van der Waals surface area (Å²) in [4.78, 5) is 27.4. The number of nitrogens with zero attached hydrogens (tertiary/aromatic N) is 1. The summed E-state index contributed by atoms with van der Waals surface area (Å²) in [7, 11) is 0. The van der Waals surface area contributed by atoms with E-state index in [1.807, 2.05) is 0 Å². The van der Waals surface area contributed by atoms with Crippen LogP contribution in [0.2, 0.25) is 0 Å². The molecule has 13 heavy (non-hydrogen) atoms. The third kappa shape index (κ3) is 3.33. The van der Waals surface area contributed by atoms with Gasteiger partial charge in [-0.15, -0.1) is 0 Å². The predicted molar refractivity (Wildman–Crippen MR) is 44.9 cm³/mol. The van der Waals surface area contributed by atoms with E-state index < -0.39 is 18.2 Å². The van der Waals surface area contributed by atoms with Crippen LogP contribution in [0.25, 0.3) is 6.08 Å². The molecule has 2 N–H and O–H groups in total. The minimum absolute atomic E-state index is 0.442. The van der Waals surface area contributed by atoms with Crippen molar-refractivity contribution in [3.05, 3.63) is 24.3 Å². The van der Waals surface area contributed by atoms with E-state index in [2.05, 4.69) is 9.97 Å². The topological polar surface area (TPSA) is 83.0 Å². The summed E-state index contributed by atoms with van der Waals surface area (Å²) in [5.74, 6) is -1.57. The van der Waals surface area contributed by atoms with Gasteiger partial charge in [0.1, 0.15) is 6.42 Å². The van der Waals surface area contributed by atoms with Crippen LogP contribution in [0, 0.1) is 0 Å². The first kappa shape index (κ1) is 9.18. The molecular formula is C8H8N2O3. The summed E-state index contributed by atoms with van der Waals surface area (Å²) in [6.45, 7) is 0. The minimum atomic E-state index is -1.13. The number of aromatic nitrogens is 2. The van der Waals surface area contributed by atoms with E-state index in [0.29, 0.717) is 5.69 Å². The molecule has 0 saturated heterocycles. The predicted octanol–water partition coefficient (Wildman–Crippen LogP) is 0.467. The van der Waals surface area contributed by atoms with Gasteiger partial charge in [0, 0.05) is 0 Å². The molecule has 1 rings (SSSR count). The first-order valence-electron chi connectivity index (χ1n) is 3.59. The number of hydrogen-bond donors (Lipinski definition) is 2. The number of imidazole rings is 1. The van der Waals surface area contributed by atoms with Crippen molar-refractivity contribution >= 4 is 17.8 Å². The fourth-order valence-corrected chi connectivity index (χ4v) is 0.748. The summed E-state index contributed by atoms with van der Waals surface area (Å²) in [5, 5.41) is 8.27. The van der Waals surface area contributed by atoms with Crippen LogP contribution in [0.4, 0.5) is 0 Å². The zero-order valence-electron chi connectivity index (χ0n) is 6.73. The molecule has 0 amide bonds. The molecular weight excluding hydrogens is 172 g/mol. The largest absolute Gasteiger partial charge is 0.481 e. The summed E-state index contributed by atoms with van der Waals surface area (Å²) in [5.41, 5.74) is 0.665. The molecule has 0 aliphatic rings. The molecule has 0 radical (unpaired) electrons. The molecule has 1 heterocycles. The Bertz CT molecular complexity index is 327. The van der Waals surface area contributed by atoms with Crippen molar-refractivity contribution < 1.29 is 14.7 Å². The number of H-pyrrole nitrogens is 1. The van der Waals surface area contributed by atoms with Crippen LogP contribution in [0.5, 0.6) is 0 Å². The SMILES string of the molecule is O=C(O)CC(=O)/C=C/c1cnc[nH]1. The Labute approximate surface area is 74.1 Å². The second kappa shape index (κ2) is 4.20. The van der Waals surface area contributed by atoms with Gasteiger partial charge in [0.05, 0.1) is 18.2 Å². The highest BCUT2D eigenvalue weighted by molar-refractivity contribution is 6.03. The van der Waals surface area contributed by atoms with Crippen molar-refractivity contribution in [3.63, 3.8) is 0 Å². The lowest BCUT2D eigenvalue weighted by Crippen LogP contribution is -2.02. The van der Waals surface area contributed by atoms with E-state index in [4.69, 9.17) is 5.11 Å². The van der Waals surface area contributed by atoms with Crippen LogP contribution in [-0.2, 0) is 9.59 Å². The van der Waals surface area contributed by atoms with Crippen molar-refractivity contribution in [3.8, 4) is 0 Å². The van der Waals surface area contributed by atoms with Crippen LogP contribution in [-0.4, -0.2) is 26.8 Å². The zero-order chi connectivity index (χ0) is 9.68. The molecule has 0 aliphatic carbocycles. The second-order valence-corrected chi connectivity index (χ2v) is 2.38. The van der Waals surface area contributed by atoms with Crippen LogP contribution < -0.4 is 0 Å². The third-order valence-corrected chi connectivity index (χ3v) is 1.29. The molecule has 68 valence electrons. The Balaban J connectivity index is 2.49. The molecule has 5 nitrogen and oxygen atoms in total. The van der Waals surface area contributed by atoms with E-state index in [1.165, 1.54) is 24.7 Å². The molecule has 0 atom stereocenters. The van der Waals surface area contributed by atoms with Gasteiger partial charge in [-0.2, -0.15) is 0 Å². The maximum absolute atomic E-state index is 10.8. The second-order valence-electron chi connectivity index (χ2n) is 2.38. The molecule has 1 aromatic heterocycles. The first-order valence-corrected chi connectivity index (χ1v) is 3.59. The van der Waals surface area contributed by atoms with E-state index in [-0.39, 0.29) is 0 Å².